The smallest absolute Gasteiger partial charge is 0.251 e. The highest BCUT2D eigenvalue weighted by Crippen LogP contribution is 2.16. The lowest BCUT2D eigenvalue weighted by Gasteiger charge is -2.33. The van der Waals surface area contributed by atoms with E-state index in [1.165, 1.54) is 10.6 Å². The zero-order valence-corrected chi connectivity index (χ0v) is 15.0. The molecule has 22 heavy (non-hydrogen) atoms. The minimum atomic E-state index is -3.32. The lowest BCUT2D eigenvalue weighted by Crippen LogP contribution is -2.48. The van der Waals surface area contributed by atoms with Crippen LogP contribution in [0.1, 0.15) is 42.3 Å². The van der Waals surface area contributed by atoms with Crippen molar-refractivity contribution >= 4 is 15.9 Å². The van der Waals surface area contributed by atoms with Crippen LogP contribution in [0.2, 0.25) is 0 Å². The fourth-order valence-corrected chi connectivity index (χ4v) is 3.67. The number of hydrogen-bond acceptors (Lipinski definition) is 3. The van der Waals surface area contributed by atoms with Crippen LogP contribution < -0.4 is 5.32 Å². The van der Waals surface area contributed by atoms with Crippen LogP contribution in [0.4, 0.5) is 0 Å². The van der Waals surface area contributed by atoms with Crippen LogP contribution in [0, 0.1) is 13.8 Å². The number of benzene rings is 1. The second-order valence-electron chi connectivity index (χ2n) is 6.56. The van der Waals surface area contributed by atoms with Gasteiger partial charge in [-0.3, -0.25) is 4.79 Å². The van der Waals surface area contributed by atoms with Crippen molar-refractivity contribution in [2.24, 2.45) is 0 Å². The third-order valence-electron chi connectivity index (χ3n) is 3.52. The molecule has 0 unspecified atom stereocenters. The monoisotopic (exact) mass is 326 g/mol. The summed E-state index contributed by atoms with van der Waals surface area (Å²) in [6.07, 6.45) is 1.18. The number of carbonyl (C=O) groups excluding carboxylic acids is 1. The van der Waals surface area contributed by atoms with Gasteiger partial charge in [0.2, 0.25) is 10.0 Å². The summed E-state index contributed by atoms with van der Waals surface area (Å²) < 4.78 is 25.0. The zero-order valence-electron chi connectivity index (χ0n) is 14.2. The predicted molar refractivity (Wildman–Crippen MR) is 89.6 cm³/mol. The van der Waals surface area contributed by atoms with Crippen LogP contribution in [0.15, 0.2) is 18.2 Å². The maximum Gasteiger partial charge on any atom is 0.251 e. The molecule has 1 aromatic rings. The molecule has 0 aliphatic rings. The molecule has 1 N–H and O–H groups in total. The predicted octanol–water partition coefficient (Wildman–Crippen LogP) is 2.09. The molecular weight excluding hydrogens is 300 g/mol. The number of amides is 1. The zero-order chi connectivity index (χ0) is 17.1. The number of nitrogens with zero attached hydrogens (tertiary/aromatic N) is 1. The summed E-state index contributed by atoms with van der Waals surface area (Å²) in [5, 5.41) is 2.78. The SMILES string of the molecule is Cc1ccc(C(=O)NCCN(C(C)(C)C)S(C)(=O)=O)cc1C. The first kappa shape index (κ1) is 18.6. The summed E-state index contributed by atoms with van der Waals surface area (Å²) >= 11 is 0. The maximum absolute atomic E-state index is 12.1. The second kappa shape index (κ2) is 6.79. The van der Waals surface area contributed by atoms with Gasteiger partial charge in [-0.25, -0.2) is 8.42 Å². The van der Waals surface area contributed by atoms with Gasteiger partial charge in [-0.15, -0.1) is 0 Å². The van der Waals surface area contributed by atoms with Gasteiger partial charge in [-0.05, 0) is 57.9 Å². The molecule has 0 saturated carbocycles. The van der Waals surface area contributed by atoms with Crippen molar-refractivity contribution in [1.29, 1.82) is 0 Å². The Bertz CT molecular complexity index is 646. The van der Waals surface area contributed by atoms with Crippen LogP contribution in [-0.4, -0.2) is 43.5 Å². The molecule has 0 spiro atoms. The van der Waals surface area contributed by atoms with Crippen molar-refractivity contribution in [3.63, 3.8) is 0 Å². The Morgan fingerprint density at radius 1 is 1.18 bits per heavy atom. The largest absolute Gasteiger partial charge is 0.351 e. The Morgan fingerprint density at radius 2 is 1.77 bits per heavy atom. The maximum atomic E-state index is 12.1. The van der Waals surface area contributed by atoms with Gasteiger partial charge in [0.25, 0.3) is 5.91 Å². The average molecular weight is 326 g/mol. The van der Waals surface area contributed by atoms with E-state index in [9.17, 15) is 13.2 Å². The van der Waals surface area contributed by atoms with E-state index in [0.717, 1.165) is 11.1 Å². The van der Waals surface area contributed by atoms with Crippen molar-refractivity contribution < 1.29 is 13.2 Å². The van der Waals surface area contributed by atoms with Crippen molar-refractivity contribution in [2.45, 2.75) is 40.2 Å². The molecule has 0 saturated heterocycles. The van der Waals surface area contributed by atoms with Gasteiger partial charge in [0, 0.05) is 24.2 Å². The molecule has 0 fully saturated rings. The van der Waals surface area contributed by atoms with Crippen molar-refractivity contribution in [1.82, 2.24) is 9.62 Å². The third-order valence-corrected chi connectivity index (χ3v) is 5.05. The molecule has 6 heteroatoms. The standard InChI is InChI=1S/C16H26N2O3S/c1-12-7-8-14(11-13(12)2)15(19)17-9-10-18(16(3,4)5)22(6,20)21/h7-8,11H,9-10H2,1-6H3,(H,17,19). The van der Waals surface area contributed by atoms with Gasteiger partial charge >= 0.3 is 0 Å². The molecule has 0 atom stereocenters. The van der Waals surface area contributed by atoms with Gasteiger partial charge in [-0.1, -0.05) is 6.07 Å². The van der Waals surface area contributed by atoms with Crippen molar-refractivity contribution in [3.8, 4) is 0 Å². The van der Waals surface area contributed by atoms with Crippen LogP contribution in [0.3, 0.4) is 0 Å². The lowest BCUT2D eigenvalue weighted by atomic mass is 10.1. The van der Waals surface area contributed by atoms with E-state index >= 15 is 0 Å². The number of rotatable bonds is 5. The minimum absolute atomic E-state index is 0.189. The first-order chi connectivity index (χ1) is 9.93. The first-order valence-electron chi connectivity index (χ1n) is 7.26. The van der Waals surface area contributed by atoms with E-state index in [1.807, 2.05) is 46.8 Å². The van der Waals surface area contributed by atoms with Crippen LogP contribution in [-0.2, 0) is 10.0 Å². The molecule has 0 heterocycles. The van der Waals surface area contributed by atoms with E-state index in [4.69, 9.17) is 0 Å². The topological polar surface area (TPSA) is 66.5 Å². The fourth-order valence-electron chi connectivity index (χ4n) is 2.25. The van der Waals surface area contributed by atoms with Crippen molar-refractivity contribution in [2.75, 3.05) is 19.3 Å². The van der Waals surface area contributed by atoms with Gasteiger partial charge < -0.3 is 5.32 Å². The molecule has 1 rings (SSSR count). The highest BCUT2D eigenvalue weighted by atomic mass is 32.2. The highest BCUT2D eigenvalue weighted by Gasteiger charge is 2.29. The number of carbonyl (C=O) groups is 1. The highest BCUT2D eigenvalue weighted by molar-refractivity contribution is 7.88. The molecule has 124 valence electrons. The molecule has 0 aliphatic carbocycles. The number of aryl methyl sites for hydroxylation is 2. The van der Waals surface area contributed by atoms with Gasteiger partial charge in [0.15, 0.2) is 0 Å². The third kappa shape index (κ3) is 5.10. The van der Waals surface area contributed by atoms with E-state index in [2.05, 4.69) is 5.32 Å². The molecule has 0 aromatic heterocycles. The Labute approximate surface area is 133 Å². The van der Waals surface area contributed by atoms with E-state index in [1.54, 1.807) is 6.07 Å². The second-order valence-corrected chi connectivity index (χ2v) is 8.47. The van der Waals surface area contributed by atoms with Crippen LogP contribution in [0.5, 0.6) is 0 Å². The Balaban J connectivity index is 2.69. The molecule has 5 nitrogen and oxygen atoms in total. The fraction of sp³-hybridized carbons (Fsp3) is 0.562. The quantitative estimate of drug-likeness (QED) is 0.901. The lowest BCUT2D eigenvalue weighted by molar-refractivity contribution is 0.0948. The van der Waals surface area contributed by atoms with E-state index in [0.29, 0.717) is 5.56 Å². The summed E-state index contributed by atoms with van der Waals surface area (Å²) in [6.45, 7) is 9.97. The van der Waals surface area contributed by atoms with Crippen molar-refractivity contribution in [3.05, 3.63) is 34.9 Å². The van der Waals surface area contributed by atoms with E-state index in [-0.39, 0.29) is 19.0 Å². The molecule has 1 aromatic carbocycles. The van der Waals surface area contributed by atoms with Crippen LogP contribution >= 0.6 is 0 Å². The number of sulfonamides is 1. The summed E-state index contributed by atoms with van der Waals surface area (Å²) in [6, 6.07) is 5.51. The van der Waals surface area contributed by atoms with E-state index < -0.39 is 15.6 Å². The molecule has 0 radical (unpaired) electrons. The van der Waals surface area contributed by atoms with Gasteiger partial charge in [-0.2, -0.15) is 4.31 Å². The molecule has 1 amide bonds. The summed E-state index contributed by atoms with van der Waals surface area (Å²) in [7, 11) is -3.32. The average Bonchev–Trinajstić information content (AvgIpc) is 2.34. The number of nitrogens with one attached hydrogen (secondary N) is 1. The Morgan fingerprint density at radius 3 is 2.23 bits per heavy atom. The van der Waals surface area contributed by atoms with Crippen LogP contribution in [0.25, 0.3) is 0 Å². The Kier molecular flexibility index (Phi) is 5.76. The normalized spacial score (nSPS) is 12.5. The summed E-state index contributed by atoms with van der Waals surface area (Å²) in [5.41, 5.74) is 2.26. The summed E-state index contributed by atoms with van der Waals surface area (Å²) in [5.74, 6) is -0.189. The van der Waals surface area contributed by atoms with Gasteiger partial charge in [0.1, 0.15) is 0 Å². The molecule has 0 bridgehead atoms. The number of hydrogen-bond donors (Lipinski definition) is 1. The minimum Gasteiger partial charge on any atom is -0.351 e. The molecule has 0 aliphatic heterocycles. The summed E-state index contributed by atoms with van der Waals surface area (Å²) in [4.78, 5) is 12.1. The Hall–Kier alpha value is -1.40. The van der Waals surface area contributed by atoms with Gasteiger partial charge in [0.05, 0.1) is 6.26 Å². The molecular formula is C16H26N2O3S. The first-order valence-corrected chi connectivity index (χ1v) is 9.11.